The van der Waals surface area contributed by atoms with Crippen molar-refractivity contribution in [2.75, 3.05) is 5.32 Å². The fraction of sp³-hybridized carbons (Fsp3) is 0.0833. The van der Waals surface area contributed by atoms with Gasteiger partial charge in [-0.3, -0.25) is 9.78 Å². The lowest BCUT2D eigenvalue weighted by atomic mass is 10.1. The van der Waals surface area contributed by atoms with E-state index in [0.717, 1.165) is 11.1 Å². The zero-order valence-electron chi connectivity index (χ0n) is 8.84. The zero-order valence-corrected chi connectivity index (χ0v) is 8.84. The highest BCUT2D eigenvalue weighted by molar-refractivity contribution is 5.87. The van der Waals surface area contributed by atoms with E-state index in [1.165, 1.54) is 6.92 Å². The van der Waals surface area contributed by atoms with Gasteiger partial charge in [-0.05, 0) is 18.2 Å². The molecule has 1 N–H and O–H groups in total. The van der Waals surface area contributed by atoms with Crippen molar-refractivity contribution < 1.29 is 4.79 Å². The third-order valence-electron chi connectivity index (χ3n) is 2.06. The number of amides is 1. The van der Waals surface area contributed by atoms with Crippen LogP contribution in [-0.4, -0.2) is 15.9 Å². The maximum Gasteiger partial charge on any atom is 0.222 e. The lowest BCUT2D eigenvalue weighted by molar-refractivity contribution is -0.114. The predicted molar refractivity (Wildman–Crippen MR) is 61.8 cm³/mol. The zero-order chi connectivity index (χ0) is 11.4. The molecule has 4 heteroatoms. The fourth-order valence-electron chi connectivity index (χ4n) is 1.35. The second kappa shape index (κ2) is 4.53. The number of pyridine rings is 2. The molecule has 2 rings (SSSR count). The van der Waals surface area contributed by atoms with Crippen molar-refractivity contribution in [1.29, 1.82) is 0 Å². The third-order valence-corrected chi connectivity index (χ3v) is 2.06. The summed E-state index contributed by atoms with van der Waals surface area (Å²) in [6.45, 7) is 1.46. The molecule has 0 bridgehead atoms. The summed E-state index contributed by atoms with van der Waals surface area (Å²) in [4.78, 5) is 19.0. The van der Waals surface area contributed by atoms with Gasteiger partial charge in [0.05, 0.1) is 0 Å². The molecule has 0 aromatic carbocycles. The molecule has 1 amide bonds. The van der Waals surface area contributed by atoms with Gasteiger partial charge < -0.3 is 5.32 Å². The second-order valence-electron chi connectivity index (χ2n) is 3.36. The first kappa shape index (κ1) is 10.3. The molecule has 0 aliphatic rings. The highest BCUT2D eigenvalue weighted by Crippen LogP contribution is 2.17. The molecule has 0 unspecified atom stereocenters. The molecule has 2 aromatic rings. The van der Waals surface area contributed by atoms with Gasteiger partial charge in [-0.15, -0.1) is 0 Å². The number of aromatic nitrogens is 2. The monoisotopic (exact) mass is 213 g/mol. The lowest BCUT2D eigenvalue weighted by Crippen LogP contribution is -2.06. The van der Waals surface area contributed by atoms with Gasteiger partial charge in [-0.1, -0.05) is 6.07 Å². The summed E-state index contributed by atoms with van der Waals surface area (Å²) < 4.78 is 0. The molecule has 0 fully saturated rings. The van der Waals surface area contributed by atoms with E-state index in [2.05, 4.69) is 15.3 Å². The number of rotatable bonds is 2. The van der Waals surface area contributed by atoms with Gasteiger partial charge in [0, 0.05) is 36.6 Å². The van der Waals surface area contributed by atoms with Gasteiger partial charge in [-0.2, -0.15) is 0 Å². The second-order valence-corrected chi connectivity index (χ2v) is 3.36. The summed E-state index contributed by atoms with van der Waals surface area (Å²) in [5.41, 5.74) is 1.98. The van der Waals surface area contributed by atoms with Crippen LogP contribution in [-0.2, 0) is 4.79 Å². The van der Waals surface area contributed by atoms with Crippen LogP contribution < -0.4 is 5.32 Å². The van der Waals surface area contributed by atoms with Crippen LogP contribution in [0.4, 0.5) is 5.82 Å². The summed E-state index contributed by atoms with van der Waals surface area (Å²) in [7, 11) is 0. The minimum absolute atomic E-state index is 0.123. The van der Waals surface area contributed by atoms with Crippen LogP contribution in [0.1, 0.15) is 6.92 Å². The molecule has 0 aliphatic carbocycles. The number of carbonyl (C=O) groups excluding carboxylic acids is 1. The first-order chi connectivity index (χ1) is 7.75. The van der Waals surface area contributed by atoms with Crippen molar-refractivity contribution in [3.05, 3.63) is 42.9 Å². The van der Waals surface area contributed by atoms with Crippen LogP contribution in [0.25, 0.3) is 11.1 Å². The van der Waals surface area contributed by atoms with Crippen LogP contribution in [0.15, 0.2) is 42.9 Å². The van der Waals surface area contributed by atoms with Crippen molar-refractivity contribution in [3.63, 3.8) is 0 Å². The van der Waals surface area contributed by atoms with Crippen molar-refractivity contribution in [3.8, 4) is 11.1 Å². The van der Waals surface area contributed by atoms with Gasteiger partial charge >= 0.3 is 0 Å². The summed E-state index contributed by atoms with van der Waals surface area (Å²) in [6, 6.07) is 7.50. The molecule has 2 aromatic heterocycles. The van der Waals surface area contributed by atoms with Gasteiger partial charge in [0.25, 0.3) is 0 Å². The number of carbonyl (C=O) groups is 1. The lowest BCUT2D eigenvalue weighted by Gasteiger charge is -2.03. The van der Waals surface area contributed by atoms with Crippen molar-refractivity contribution >= 4 is 11.7 Å². The predicted octanol–water partition coefficient (Wildman–Crippen LogP) is 2.10. The van der Waals surface area contributed by atoms with Crippen LogP contribution in [0.3, 0.4) is 0 Å². The number of nitrogens with zero attached hydrogens (tertiary/aromatic N) is 2. The summed E-state index contributed by atoms with van der Waals surface area (Å²) in [6.07, 6.45) is 5.21. The Hall–Kier alpha value is -2.23. The van der Waals surface area contributed by atoms with Crippen LogP contribution in [0.2, 0.25) is 0 Å². The van der Waals surface area contributed by atoms with Crippen molar-refractivity contribution in [2.45, 2.75) is 6.92 Å². The van der Waals surface area contributed by atoms with Gasteiger partial charge in [0.1, 0.15) is 5.82 Å². The number of anilines is 1. The number of hydrogen-bond acceptors (Lipinski definition) is 3. The van der Waals surface area contributed by atoms with Crippen LogP contribution in [0, 0.1) is 0 Å². The molecule has 0 saturated carbocycles. The Morgan fingerprint density at radius 1 is 1.19 bits per heavy atom. The van der Waals surface area contributed by atoms with E-state index in [1.807, 2.05) is 18.2 Å². The standard InChI is InChI=1S/C12H11N3O/c1-9(16)15-12-5-4-11(8-14-12)10-3-2-6-13-7-10/h2-8H,1H3,(H,14,15,16). The Balaban J connectivity index is 2.23. The molecule has 0 saturated heterocycles. The Bertz CT molecular complexity index is 479. The van der Waals surface area contributed by atoms with E-state index in [9.17, 15) is 4.79 Å². The average Bonchev–Trinajstić information content (AvgIpc) is 2.30. The van der Waals surface area contributed by atoms with Gasteiger partial charge in [0.15, 0.2) is 0 Å². The molecule has 0 aliphatic heterocycles. The molecule has 80 valence electrons. The maximum atomic E-state index is 10.8. The minimum Gasteiger partial charge on any atom is -0.311 e. The molecule has 0 spiro atoms. The van der Waals surface area contributed by atoms with Crippen molar-refractivity contribution in [1.82, 2.24) is 9.97 Å². The number of hydrogen-bond donors (Lipinski definition) is 1. The third kappa shape index (κ3) is 2.42. The summed E-state index contributed by atoms with van der Waals surface area (Å²) in [5.74, 6) is 0.432. The topological polar surface area (TPSA) is 54.9 Å². The quantitative estimate of drug-likeness (QED) is 0.831. The van der Waals surface area contributed by atoms with E-state index >= 15 is 0 Å². The molecule has 0 radical (unpaired) electrons. The van der Waals surface area contributed by atoms with Gasteiger partial charge in [0.2, 0.25) is 5.91 Å². The van der Waals surface area contributed by atoms with E-state index < -0.39 is 0 Å². The summed E-state index contributed by atoms with van der Waals surface area (Å²) in [5, 5.41) is 2.62. The number of nitrogens with one attached hydrogen (secondary N) is 1. The maximum absolute atomic E-state index is 10.8. The van der Waals surface area contributed by atoms with E-state index in [4.69, 9.17) is 0 Å². The highest BCUT2D eigenvalue weighted by atomic mass is 16.1. The molecular formula is C12H11N3O. The Morgan fingerprint density at radius 2 is 2.00 bits per heavy atom. The average molecular weight is 213 g/mol. The molecule has 16 heavy (non-hydrogen) atoms. The van der Waals surface area contributed by atoms with E-state index in [0.29, 0.717) is 5.82 Å². The largest absolute Gasteiger partial charge is 0.311 e. The highest BCUT2D eigenvalue weighted by Gasteiger charge is 1.99. The summed E-state index contributed by atoms with van der Waals surface area (Å²) >= 11 is 0. The van der Waals surface area contributed by atoms with Crippen LogP contribution in [0.5, 0.6) is 0 Å². The van der Waals surface area contributed by atoms with Crippen LogP contribution >= 0.6 is 0 Å². The molecule has 0 atom stereocenters. The molecule has 4 nitrogen and oxygen atoms in total. The Labute approximate surface area is 93.4 Å². The first-order valence-electron chi connectivity index (χ1n) is 4.90. The molecular weight excluding hydrogens is 202 g/mol. The van der Waals surface area contributed by atoms with Gasteiger partial charge in [-0.25, -0.2) is 4.98 Å². The molecule has 2 heterocycles. The minimum atomic E-state index is -0.123. The Morgan fingerprint density at radius 3 is 2.56 bits per heavy atom. The first-order valence-corrected chi connectivity index (χ1v) is 4.90. The SMILES string of the molecule is CC(=O)Nc1ccc(-c2cccnc2)cn1. The smallest absolute Gasteiger partial charge is 0.222 e. The Kier molecular flexibility index (Phi) is 2.91. The van der Waals surface area contributed by atoms with Crippen molar-refractivity contribution in [2.24, 2.45) is 0 Å². The van der Waals surface area contributed by atoms with E-state index in [-0.39, 0.29) is 5.91 Å². The van der Waals surface area contributed by atoms with E-state index in [1.54, 1.807) is 24.7 Å². The normalized spacial score (nSPS) is 9.81. The fourth-order valence-corrected chi connectivity index (χ4v) is 1.35.